The molecule has 0 rings (SSSR count). The molecule has 0 aromatic heterocycles. The van der Waals surface area contributed by atoms with E-state index in [1.807, 2.05) is 0 Å². The largest absolute Gasteiger partial charge is 0.509 e. The molecule has 0 aliphatic heterocycles. The van der Waals surface area contributed by atoms with Gasteiger partial charge in [-0.3, -0.25) is 9.59 Å². The number of rotatable bonds is 4. The van der Waals surface area contributed by atoms with Crippen LogP contribution in [0, 0.1) is 0 Å². The molecule has 0 unspecified atom stereocenters. The molecule has 14 heavy (non-hydrogen) atoms. The lowest BCUT2D eigenvalue weighted by Gasteiger charge is -2.20. The number of hydrogen-bond donors (Lipinski definition) is 0. The zero-order valence-electron chi connectivity index (χ0n) is 8.75. The van der Waals surface area contributed by atoms with Crippen LogP contribution in [0.4, 0.5) is 4.79 Å². The van der Waals surface area contributed by atoms with E-state index in [2.05, 4.69) is 9.47 Å². The van der Waals surface area contributed by atoms with Crippen LogP contribution in [0.2, 0.25) is 0 Å². The van der Waals surface area contributed by atoms with Crippen molar-refractivity contribution >= 4 is 17.7 Å². The summed E-state index contributed by atoms with van der Waals surface area (Å²) in [5.41, 5.74) is -1.21. The Hall–Kier alpha value is -1.39. The Labute approximate surface area is 82.4 Å². The third-order valence-corrected chi connectivity index (χ3v) is 1.58. The van der Waals surface area contributed by atoms with Gasteiger partial charge in [-0.25, -0.2) is 4.79 Å². The topological polar surface area (TPSA) is 69.7 Å². The first-order chi connectivity index (χ1) is 6.25. The Bertz CT molecular complexity index is 254. The van der Waals surface area contributed by atoms with Gasteiger partial charge in [0.1, 0.15) is 0 Å². The Morgan fingerprint density at radius 1 is 1.14 bits per heavy atom. The molecule has 5 nitrogen and oxygen atoms in total. The fraction of sp³-hybridized carbons (Fsp3) is 0.667. The summed E-state index contributed by atoms with van der Waals surface area (Å²) in [4.78, 5) is 32.3. The Kier molecular flexibility index (Phi) is 4.27. The molecular weight excluding hydrogens is 188 g/mol. The molecule has 0 aliphatic rings. The van der Waals surface area contributed by atoms with Crippen molar-refractivity contribution in [2.45, 2.75) is 33.3 Å². The van der Waals surface area contributed by atoms with Gasteiger partial charge >= 0.3 is 6.16 Å². The minimum atomic E-state index is -1.21. The monoisotopic (exact) mass is 202 g/mol. The van der Waals surface area contributed by atoms with Crippen LogP contribution in [0.25, 0.3) is 0 Å². The molecule has 0 N–H and O–H groups in total. The quantitative estimate of drug-likeness (QED) is 0.638. The molecular formula is C9H14O5. The molecule has 0 aliphatic carbocycles. The summed E-state index contributed by atoms with van der Waals surface area (Å²) in [7, 11) is 0. The third-order valence-electron chi connectivity index (χ3n) is 1.58. The van der Waals surface area contributed by atoms with E-state index in [1.54, 1.807) is 0 Å². The van der Waals surface area contributed by atoms with Crippen molar-refractivity contribution in [2.24, 2.45) is 0 Å². The van der Waals surface area contributed by atoms with Gasteiger partial charge in [-0.15, -0.1) is 0 Å². The lowest BCUT2D eigenvalue weighted by Crippen LogP contribution is -2.36. The van der Waals surface area contributed by atoms with Crippen molar-refractivity contribution in [2.75, 3.05) is 6.61 Å². The van der Waals surface area contributed by atoms with Crippen molar-refractivity contribution in [3.05, 3.63) is 0 Å². The molecule has 0 fully saturated rings. The summed E-state index contributed by atoms with van der Waals surface area (Å²) < 4.78 is 9.11. The van der Waals surface area contributed by atoms with Gasteiger partial charge in [-0.05, 0) is 27.7 Å². The molecule has 0 heterocycles. The van der Waals surface area contributed by atoms with Crippen molar-refractivity contribution < 1.29 is 23.9 Å². The van der Waals surface area contributed by atoms with E-state index in [1.165, 1.54) is 27.7 Å². The fourth-order valence-corrected chi connectivity index (χ4v) is 0.470. The standard InChI is InChI=1S/C9H14O5/c1-6(10)5-13-8(12)14-9(3,4)7(2)11/h5H2,1-4H3. The average molecular weight is 202 g/mol. The number of ether oxygens (including phenoxy) is 2. The fourth-order valence-electron chi connectivity index (χ4n) is 0.470. The van der Waals surface area contributed by atoms with Gasteiger partial charge in [-0.2, -0.15) is 0 Å². The maximum atomic E-state index is 10.9. The molecule has 0 radical (unpaired) electrons. The van der Waals surface area contributed by atoms with E-state index in [-0.39, 0.29) is 18.2 Å². The van der Waals surface area contributed by atoms with Gasteiger partial charge in [0.05, 0.1) is 0 Å². The minimum Gasteiger partial charge on any atom is -0.426 e. The van der Waals surface area contributed by atoms with Crippen molar-refractivity contribution in [3.63, 3.8) is 0 Å². The highest BCUT2D eigenvalue weighted by Gasteiger charge is 2.29. The minimum absolute atomic E-state index is 0.289. The Morgan fingerprint density at radius 2 is 1.64 bits per heavy atom. The maximum absolute atomic E-state index is 10.9. The van der Waals surface area contributed by atoms with Crippen molar-refractivity contribution in [1.29, 1.82) is 0 Å². The predicted molar refractivity (Wildman–Crippen MR) is 47.9 cm³/mol. The number of carbonyl (C=O) groups excluding carboxylic acids is 3. The lowest BCUT2D eigenvalue weighted by atomic mass is 10.1. The van der Waals surface area contributed by atoms with E-state index in [9.17, 15) is 14.4 Å². The molecule has 80 valence electrons. The molecule has 0 atom stereocenters. The van der Waals surface area contributed by atoms with Crippen LogP contribution in [0.1, 0.15) is 27.7 Å². The zero-order valence-corrected chi connectivity index (χ0v) is 8.75. The van der Waals surface area contributed by atoms with E-state index in [0.29, 0.717) is 0 Å². The smallest absolute Gasteiger partial charge is 0.426 e. The van der Waals surface area contributed by atoms with E-state index in [4.69, 9.17) is 0 Å². The Morgan fingerprint density at radius 3 is 2.00 bits per heavy atom. The number of Topliss-reactive ketones (excluding diaryl/α,β-unsaturated/α-hetero) is 2. The molecule has 0 aromatic rings. The van der Waals surface area contributed by atoms with E-state index < -0.39 is 11.8 Å². The second kappa shape index (κ2) is 4.74. The van der Waals surface area contributed by atoms with Gasteiger partial charge < -0.3 is 9.47 Å². The first kappa shape index (κ1) is 12.6. The highest BCUT2D eigenvalue weighted by Crippen LogP contribution is 2.11. The lowest BCUT2D eigenvalue weighted by molar-refractivity contribution is -0.135. The third kappa shape index (κ3) is 4.59. The highest BCUT2D eigenvalue weighted by molar-refractivity contribution is 5.86. The second-order valence-electron chi connectivity index (χ2n) is 3.41. The molecule has 0 aromatic carbocycles. The normalized spacial score (nSPS) is 10.6. The molecule has 0 amide bonds. The summed E-state index contributed by atoms with van der Waals surface area (Å²) in [6, 6.07) is 0. The number of ketones is 2. The summed E-state index contributed by atoms with van der Waals surface area (Å²) in [5.74, 6) is -0.583. The molecule has 0 saturated heterocycles. The van der Waals surface area contributed by atoms with Crippen LogP contribution < -0.4 is 0 Å². The number of carbonyl (C=O) groups is 3. The predicted octanol–water partition coefficient (Wildman–Crippen LogP) is 1.10. The second-order valence-corrected chi connectivity index (χ2v) is 3.41. The summed E-state index contributed by atoms with van der Waals surface area (Å²) >= 11 is 0. The zero-order chi connectivity index (χ0) is 11.4. The molecule has 0 saturated carbocycles. The van der Waals surface area contributed by atoms with Crippen molar-refractivity contribution in [3.8, 4) is 0 Å². The first-order valence-corrected chi connectivity index (χ1v) is 4.12. The van der Waals surface area contributed by atoms with Crippen molar-refractivity contribution in [1.82, 2.24) is 0 Å². The van der Waals surface area contributed by atoms with Crippen LogP contribution in [0.5, 0.6) is 0 Å². The van der Waals surface area contributed by atoms with Crippen LogP contribution in [0.15, 0.2) is 0 Å². The SMILES string of the molecule is CC(=O)COC(=O)OC(C)(C)C(C)=O. The summed E-state index contributed by atoms with van der Waals surface area (Å²) in [5, 5.41) is 0. The maximum Gasteiger partial charge on any atom is 0.509 e. The first-order valence-electron chi connectivity index (χ1n) is 4.12. The average Bonchev–Trinajstić information content (AvgIpc) is 1.99. The van der Waals surface area contributed by atoms with Crippen LogP contribution in [0.3, 0.4) is 0 Å². The van der Waals surface area contributed by atoms with Gasteiger partial charge in [0.15, 0.2) is 23.8 Å². The van der Waals surface area contributed by atoms with Gasteiger partial charge in [0.2, 0.25) is 0 Å². The van der Waals surface area contributed by atoms with E-state index in [0.717, 1.165) is 0 Å². The molecule has 0 bridgehead atoms. The summed E-state index contributed by atoms with van der Waals surface area (Å²) in [6.07, 6.45) is -1.01. The van der Waals surface area contributed by atoms with E-state index >= 15 is 0 Å². The van der Waals surface area contributed by atoms with Crippen LogP contribution >= 0.6 is 0 Å². The van der Waals surface area contributed by atoms with Crippen LogP contribution in [-0.4, -0.2) is 29.9 Å². The highest BCUT2D eigenvalue weighted by atomic mass is 16.7. The van der Waals surface area contributed by atoms with Gasteiger partial charge in [0, 0.05) is 0 Å². The Balaban J connectivity index is 4.06. The van der Waals surface area contributed by atoms with Gasteiger partial charge in [0.25, 0.3) is 0 Å². The molecule has 0 spiro atoms. The van der Waals surface area contributed by atoms with Gasteiger partial charge in [-0.1, -0.05) is 0 Å². The van der Waals surface area contributed by atoms with Crippen LogP contribution in [-0.2, 0) is 19.1 Å². The summed E-state index contributed by atoms with van der Waals surface area (Å²) in [6.45, 7) is 5.14. The molecule has 5 heteroatoms. The number of hydrogen-bond acceptors (Lipinski definition) is 5.